The Morgan fingerprint density at radius 2 is 1.85 bits per heavy atom. The molecule has 7 nitrogen and oxygen atoms in total. The molecule has 0 bridgehead atoms. The fourth-order valence-electron chi connectivity index (χ4n) is 3.04. The van der Waals surface area contributed by atoms with Crippen molar-refractivity contribution in [2.24, 2.45) is 0 Å². The van der Waals surface area contributed by atoms with Gasteiger partial charge >= 0.3 is 0 Å². The fraction of sp³-hybridized carbons (Fsp3) is 0.136. The number of sulfonamides is 1. The highest BCUT2D eigenvalue weighted by atomic mass is 32.2. The van der Waals surface area contributed by atoms with Crippen molar-refractivity contribution in [3.05, 3.63) is 71.4 Å². The van der Waals surface area contributed by atoms with Crippen molar-refractivity contribution in [1.82, 2.24) is 15.0 Å². The second-order valence-electron chi connectivity index (χ2n) is 7.44. The number of thiazole rings is 1. The molecule has 3 N–H and O–H groups in total. The number of nitrogen functional groups attached to an aromatic ring is 1. The number of aromatic nitrogens is 3. The molecule has 0 fully saturated rings. The van der Waals surface area contributed by atoms with Crippen LogP contribution in [0.3, 0.4) is 0 Å². The van der Waals surface area contributed by atoms with Crippen LogP contribution in [-0.4, -0.2) is 23.4 Å². The number of nitrogens with one attached hydrogen (secondary N) is 1. The standard InChI is InChI=1S/C22H19F2N5O2S2/c1-12(2)21-28-19(20(32-21)17-8-9-26-22(25)27-17)13-6-7-16(24)18(10-13)29-33(30,31)15-5-3-4-14(23)11-15/h3-12,29H,1-2H3,(H2,25,26,27). The molecule has 0 atom stereocenters. The summed E-state index contributed by atoms with van der Waals surface area (Å²) in [4.78, 5) is 13.2. The predicted octanol–water partition coefficient (Wildman–Crippen LogP) is 5.05. The molecule has 0 unspecified atom stereocenters. The third-order valence-electron chi connectivity index (χ3n) is 4.63. The van der Waals surface area contributed by atoms with Gasteiger partial charge in [-0.1, -0.05) is 19.9 Å². The highest BCUT2D eigenvalue weighted by Crippen LogP contribution is 2.39. The zero-order valence-corrected chi connectivity index (χ0v) is 19.2. The first-order chi connectivity index (χ1) is 15.6. The van der Waals surface area contributed by atoms with Crippen molar-refractivity contribution in [1.29, 1.82) is 0 Å². The topological polar surface area (TPSA) is 111 Å². The summed E-state index contributed by atoms with van der Waals surface area (Å²) in [6.45, 7) is 3.98. The second-order valence-corrected chi connectivity index (χ2v) is 10.2. The molecule has 0 saturated carbocycles. The van der Waals surface area contributed by atoms with Crippen LogP contribution in [0.4, 0.5) is 20.4 Å². The number of hydrogen-bond acceptors (Lipinski definition) is 7. The molecule has 0 aliphatic carbocycles. The molecule has 0 spiro atoms. The Morgan fingerprint density at radius 3 is 2.55 bits per heavy atom. The maximum Gasteiger partial charge on any atom is 0.262 e. The third kappa shape index (κ3) is 4.83. The molecule has 4 rings (SSSR count). The Labute approximate surface area is 193 Å². The Kier molecular flexibility index (Phi) is 6.09. The molecule has 2 aromatic carbocycles. The number of hydrogen-bond donors (Lipinski definition) is 2. The highest BCUT2D eigenvalue weighted by Gasteiger charge is 2.21. The second kappa shape index (κ2) is 8.83. The molecule has 2 heterocycles. The van der Waals surface area contributed by atoms with Gasteiger partial charge in [0.15, 0.2) is 0 Å². The first-order valence-electron chi connectivity index (χ1n) is 9.82. The SMILES string of the molecule is CC(C)c1nc(-c2ccc(F)c(NS(=O)(=O)c3cccc(F)c3)c2)c(-c2ccnc(N)n2)s1. The van der Waals surface area contributed by atoms with Crippen LogP contribution in [-0.2, 0) is 10.0 Å². The van der Waals surface area contributed by atoms with Crippen molar-refractivity contribution in [3.8, 4) is 21.8 Å². The van der Waals surface area contributed by atoms with E-state index in [0.29, 0.717) is 21.8 Å². The van der Waals surface area contributed by atoms with Gasteiger partial charge in [0.1, 0.15) is 11.6 Å². The summed E-state index contributed by atoms with van der Waals surface area (Å²) >= 11 is 1.41. The van der Waals surface area contributed by atoms with E-state index in [2.05, 4.69) is 14.7 Å². The maximum atomic E-state index is 14.6. The quantitative estimate of drug-likeness (QED) is 0.394. The van der Waals surface area contributed by atoms with E-state index in [1.165, 1.54) is 41.8 Å². The zero-order valence-electron chi connectivity index (χ0n) is 17.6. The van der Waals surface area contributed by atoms with Crippen molar-refractivity contribution < 1.29 is 17.2 Å². The minimum Gasteiger partial charge on any atom is -0.368 e. The molecule has 0 saturated heterocycles. The lowest BCUT2D eigenvalue weighted by atomic mass is 10.1. The van der Waals surface area contributed by atoms with E-state index in [1.807, 2.05) is 13.8 Å². The first-order valence-corrected chi connectivity index (χ1v) is 12.1. The first kappa shape index (κ1) is 22.7. The Bertz CT molecular complexity index is 1440. The van der Waals surface area contributed by atoms with Gasteiger partial charge in [-0.2, -0.15) is 0 Å². The lowest BCUT2D eigenvalue weighted by Crippen LogP contribution is -2.14. The molecular weight excluding hydrogens is 468 g/mol. The Hall–Kier alpha value is -3.44. The average molecular weight is 488 g/mol. The molecule has 0 radical (unpaired) electrons. The maximum absolute atomic E-state index is 14.6. The van der Waals surface area contributed by atoms with E-state index in [1.54, 1.807) is 6.07 Å². The van der Waals surface area contributed by atoms with Gasteiger partial charge in [0.2, 0.25) is 5.95 Å². The van der Waals surface area contributed by atoms with Crippen molar-refractivity contribution in [3.63, 3.8) is 0 Å². The summed E-state index contributed by atoms with van der Waals surface area (Å²) in [6, 6.07) is 10.1. The number of anilines is 2. The Balaban J connectivity index is 1.80. The third-order valence-corrected chi connectivity index (χ3v) is 7.38. The number of halogens is 2. The minimum absolute atomic E-state index is 0.0978. The number of nitrogens with zero attached hydrogens (tertiary/aromatic N) is 3. The van der Waals surface area contributed by atoms with Crippen LogP contribution in [0.1, 0.15) is 24.8 Å². The van der Waals surface area contributed by atoms with Gasteiger partial charge in [-0.05, 0) is 42.5 Å². The van der Waals surface area contributed by atoms with Gasteiger partial charge in [-0.3, -0.25) is 4.72 Å². The van der Waals surface area contributed by atoms with Crippen molar-refractivity contribution >= 4 is 33.0 Å². The van der Waals surface area contributed by atoms with E-state index >= 15 is 0 Å². The number of rotatable bonds is 6. The van der Waals surface area contributed by atoms with Crippen LogP contribution in [0.2, 0.25) is 0 Å². The van der Waals surface area contributed by atoms with Crippen molar-refractivity contribution in [2.75, 3.05) is 10.5 Å². The lowest BCUT2D eigenvalue weighted by Gasteiger charge is -2.11. The van der Waals surface area contributed by atoms with Gasteiger partial charge in [0.25, 0.3) is 10.0 Å². The molecule has 4 aromatic rings. The van der Waals surface area contributed by atoms with E-state index in [9.17, 15) is 17.2 Å². The molecule has 0 aliphatic heterocycles. The number of nitrogens with two attached hydrogens (primary N) is 1. The molecule has 2 aromatic heterocycles. The smallest absolute Gasteiger partial charge is 0.262 e. The summed E-state index contributed by atoms with van der Waals surface area (Å²) in [5.74, 6) is -1.29. The summed E-state index contributed by atoms with van der Waals surface area (Å²) < 4.78 is 55.6. The minimum atomic E-state index is -4.22. The van der Waals surface area contributed by atoms with E-state index in [-0.39, 0.29) is 22.4 Å². The summed E-state index contributed by atoms with van der Waals surface area (Å²) in [7, 11) is -4.22. The van der Waals surface area contributed by atoms with Gasteiger partial charge in [-0.15, -0.1) is 11.3 Å². The Morgan fingerprint density at radius 1 is 1.06 bits per heavy atom. The van der Waals surface area contributed by atoms with Gasteiger partial charge in [-0.25, -0.2) is 32.2 Å². The largest absolute Gasteiger partial charge is 0.368 e. The van der Waals surface area contributed by atoms with E-state index < -0.39 is 21.7 Å². The van der Waals surface area contributed by atoms with Gasteiger partial charge in [0, 0.05) is 17.7 Å². The molecular formula is C22H19F2N5O2S2. The fourth-order valence-corrected chi connectivity index (χ4v) is 5.19. The van der Waals surface area contributed by atoms with Crippen LogP contribution in [0.5, 0.6) is 0 Å². The average Bonchev–Trinajstić information content (AvgIpc) is 3.21. The normalized spacial score (nSPS) is 11.7. The molecule has 11 heteroatoms. The molecule has 0 amide bonds. The van der Waals surface area contributed by atoms with E-state index in [0.717, 1.165) is 23.2 Å². The molecule has 0 aliphatic rings. The van der Waals surface area contributed by atoms with Crippen molar-refractivity contribution in [2.45, 2.75) is 24.7 Å². The van der Waals surface area contributed by atoms with Crippen LogP contribution in [0.15, 0.2) is 59.6 Å². The van der Waals surface area contributed by atoms with E-state index in [4.69, 9.17) is 10.7 Å². The highest BCUT2D eigenvalue weighted by molar-refractivity contribution is 7.92. The summed E-state index contributed by atoms with van der Waals surface area (Å²) in [5.41, 5.74) is 6.98. The molecule has 33 heavy (non-hydrogen) atoms. The molecule has 170 valence electrons. The monoisotopic (exact) mass is 487 g/mol. The zero-order chi connectivity index (χ0) is 23.8. The number of benzene rings is 2. The van der Waals surface area contributed by atoms with Gasteiger partial charge in [0.05, 0.1) is 31.9 Å². The van der Waals surface area contributed by atoms with Gasteiger partial charge < -0.3 is 5.73 Å². The lowest BCUT2D eigenvalue weighted by molar-refractivity contribution is 0.593. The van der Waals surface area contributed by atoms with Crippen LogP contribution in [0.25, 0.3) is 21.8 Å². The predicted molar refractivity (Wildman–Crippen MR) is 124 cm³/mol. The van der Waals surface area contributed by atoms with Crippen LogP contribution >= 0.6 is 11.3 Å². The van der Waals surface area contributed by atoms with Crippen LogP contribution in [0, 0.1) is 11.6 Å². The van der Waals surface area contributed by atoms with Crippen LogP contribution < -0.4 is 10.5 Å². The summed E-state index contributed by atoms with van der Waals surface area (Å²) in [5, 5.41) is 0.823. The summed E-state index contributed by atoms with van der Waals surface area (Å²) in [6.07, 6.45) is 1.53.